The van der Waals surface area contributed by atoms with Gasteiger partial charge in [-0.2, -0.15) is 0 Å². The van der Waals surface area contributed by atoms with Crippen molar-refractivity contribution in [3.8, 4) is 11.8 Å². The van der Waals surface area contributed by atoms with Crippen molar-refractivity contribution in [3.05, 3.63) is 35.4 Å². The van der Waals surface area contributed by atoms with E-state index in [1.54, 1.807) is 11.8 Å². The van der Waals surface area contributed by atoms with E-state index < -0.39 is 11.6 Å². The van der Waals surface area contributed by atoms with Crippen LogP contribution >= 0.6 is 0 Å². The summed E-state index contributed by atoms with van der Waals surface area (Å²) in [5.41, 5.74) is 0.514. The Morgan fingerprint density at radius 2 is 2.12 bits per heavy atom. The van der Waals surface area contributed by atoms with E-state index in [4.69, 9.17) is 0 Å². The molecule has 1 fully saturated rings. The summed E-state index contributed by atoms with van der Waals surface area (Å²) in [4.78, 5) is 25.5. The summed E-state index contributed by atoms with van der Waals surface area (Å²) >= 11 is 0. The number of hydrogen-bond donors (Lipinski definition) is 1. The molecule has 1 aromatic rings. The van der Waals surface area contributed by atoms with Gasteiger partial charge < -0.3 is 10.2 Å². The fourth-order valence-corrected chi connectivity index (χ4v) is 2.94. The van der Waals surface area contributed by atoms with E-state index in [0.29, 0.717) is 31.5 Å². The first-order valence-electron chi connectivity index (χ1n) is 8.42. The second kappa shape index (κ2) is 9.16. The lowest BCUT2D eigenvalue weighted by atomic mass is 9.93. The van der Waals surface area contributed by atoms with Crippen molar-refractivity contribution >= 4 is 11.8 Å². The van der Waals surface area contributed by atoms with Crippen LogP contribution in [0.3, 0.4) is 0 Å². The van der Waals surface area contributed by atoms with Gasteiger partial charge in [0.15, 0.2) is 11.6 Å². The Morgan fingerprint density at radius 1 is 1.32 bits per heavy atom. The van der Waals surface area contributed by atoms with Gasteiger partial charge in [-0.1, -0.05) is 12.0 Å². The molecule has 0 radical (unpaired) electrons. The first-order valence-corrected chi connectivity index (χ1v) is 8.42. The molecule has 2 amide bonds. The number of amides is 2. The van der Waals surface area contributed by atoms with E-state index in [0.717, 1.165) is 25.0 Å². The number of benzene rings is 1. The molecule has 25 heavy (non-hydrogen) atoms. The molecule has 0 spiro atoms. The molecule has 4 nitrogen and oxygen atoms in total. The number of carbonyl (C=O) groups excluding carboxylic acids is 2. The minimum Gasteiger partial charge on any atom is -0.352 e. The Kier molecular flexibility index (Phi) is 6.93. The van der Waals surface area contributed by atoms with E-state index in [9.17, 15) is 18.4 Å². The van der Waals surface area contributed by atoms with E-state index in [2.05, 4.69) is 17.2 Å². The summed E-state index contributed by atoms with van der Waals surface area (Å²) < 4.78 is 26.0. The molecule has 1 N–H and O–H groups in total. The number of rotatable bonds is 5. The van der Waals surface area contributed by atoms with Crippen LogP contribution in [-0.2, 0) is 16.1 Å². The number of likely N-dealkylation sites (tertiary alicyclic amines) is 1. The predicted molar refractivity (Wildman–Crippen MR) is 90.2 cm³/mol. The van der Waals surface area contributed by atoms with Gasteiger partial charge in [0.25, 0.3) is 5.91 Å². The zero-order valence-electron chi connectivity index (χ0n) is 14.3. The molecule has 2 rings (SSSR count). The Bertz CT molecular complexity index is 694. The topological polar surface area (TPSA) is 49.4 Å². The summed E-state index contributed by atoms with van der Waals surface area (Å²) in [5, 5.41) is 2.71. The number of nitrogens with one attached hydrogen (secondary N) is 1. The third-order valence-electron chi connectivity index (χ3n) is 4.29. The van der Waals surface area contributed by atoms with Crippen LogP contribution in [-0.4, -0.2) is 29.8 Å². The normalized spacial score (nSPS) is 16.8. The Labute approximate surface area is 146 Å². The second-order valence-corrected chi connectivity index (χ2v) is 6.20. The molecule has 0 saturated carbocycles. The highest BCUT2D eigenvalue weighted by Crippen LogP contribution is 2.21. The number of halogens is 2. The van der Waals surface area contributed by atoms with Crippen LogP contribution in [0.2, 0.25) is 0 Å². The molecular weight excluding hydrogens is 326 g/mol. The van der Waals surface area contributed by atoms with Crippen LogP contribution in [0.25, 0.3) is 0 Å². The van der Waals surface area contributed by atoms with Crippen molar-refractivity contribution in [3.63, 3.8) is 0 Å². The molecule has 0 bridgehead atoms. The highest BCUT2D eigenvalue weighted by Gasteiger charge is 2.23. The number of nitrogens with zero attached hydrogens (tertiary/aromatic N) is 1. The highest BCUT2D eigenvalue weighted by atomic mass is 19.2. The van der Waals surface area contributed by atoms with Crippen molar-refractivity contribution in [1.29, 1.82) is 0 Å². The Balaban J connectivity index is 1.74. The van der Waals surface area contributed by atoms with Gasteiger partial charge in [-0.05, 0) is 55.7 Å². The molecule has 1 heterocycles. The van der Waals surface area contributed by atoms with Crippen molar-refractivity contribution in [1.82, 2.24) is 10.2 Å². The summed E-state index contributed by atoms with van der Waals surface area (Å²) in [5.74, 6) is 3.32. The first kappa shape index (κ1) is 18.9. The summed E-state index contributed by atoms with van der Waals surface area (Å²) in [7, 11) is 0. The van der Waals surface area contributed by atoms with Crippen LogP contribution in [0.4, 0.5) is 8.78 Å². The van der Waals surface area contributed by atoms with Gasteiger partial charge >= 0.3 is 0 Å². The fourth-order valence-electron chi connectivity index (χ4n) is 2.94. The highest BCUT2D eigenvalue weighted by molar-refractivity contribution is 5.93. The third-order valence-corrected chi connectivity index (χ3v) is 4.29. The number of carbonyl (C=O) groups is 2. The van der Waals surface area contributed by atoms with Crippen LogP contribution in [0, 0.1) is 29.4 Å². The molecular formula is C19H22F2N2O2. The largest absolute Gasteiger partial charge is 0.352 e. The van der Waals surface area contributed by atoms with E-state index in [1.807, 2.05) is 0 Å². The molecule has 0 unspecified atom stereocenters. The zero-order valence-corrected chi connectivity index (χ0v) is 14.3. The predicted octanol–water partition coefficient (Wildman–Crippen LogP) is 2.62. The molecule has 1 atom stereocenters. The summed E-state index contributed by atoms with van der Waals surface area (Å²) in [6.45, 7) is 3.14. The maximum absolute atomic E-state index is 13.1. The molecule has 1 aromatic carbocycles. The summed E-state index contributed by atoms with van der Waals surface area (Å²) in [6.07, 6.45) is 2.93. The van der Waals surface area contributed by atoms with Crippen molar-refractivity contribution in [2.24, 2.45) is 5.92 Å². The average molecular weight is 348 g/mol. The zero-order chi connectivity index (χ0) is 18.2. The molecule has 0 aliphatic carbocycles. The van der Waals surface area contributed by atoms with Crippen molar-refractivity contribution < 1.29 is 18.4 Å². The van der Waals surface area contributed by atoms with Crippen LogP contribution < -0.4 is 5.32 Å². The van der Waals surface area contributed by atoms with Gasteiger partial charge in [0.05, 0.1) is 0 Å². The molecule has 134 valence electrons. The van der Waals surface area contributed by atoms with Crippen LogP contribution in [0.15, 0.2) is 18.2 Å². The standard InChI is InChI=1S/C19H22F2N2O2/c1-2-4-19(25)23-10-3-5-14(13-23)7-9-18(24)22-12-15-6-8-16(20)17(21)11-15/h6,8,11,14H,3,5,7,9-10,12-13H2,1H3,(H,22,24)/t14-/m0/s1. The van der Waals surface area contributed by atoms with Gasteiger partial charge in [0, 0.05) is 26.1 Å². The van der Waals surface area contributed by atoms with Gasteiger partial charge in [-0.3, -0.25) is 9.59 Å². The van der Waals surface area contributed by atoms with Gasteiger partial charge in [-0.25, -0.2) is 8.78 Å². The minimum absolute atomic E-state index is 0.137. The number of hydrogen-bond acceptors (Lipinski definition) is 2. The maximum Gasteiger partial charge on any atom is 0.298 e. The quantitative estimate of drug-likeness (QED) is 0.832. The van der Waals surface area contributed by atoms with Crippen molar-refractivity contribution in [2.75, 3.05) is 13.1 Å². The first-order chi connectivity index (χ1) is 12.0. The van der Waals surface area contributed by atoms with Crippen LogP contribution in [0.1, 0.15) is 38.2 Å². The lowest BCUT2D eigenvalue weighted by molar-refractivity contribution is -0.126. The maximum atomic E-state index is 13.1. The lowest BCUT2D eigenvalue weighted by Gasteiger charge is -2.31. The molecule has 1 aliphatic rings. The smallest absolute Gasteiger partial charge is 0.298 e. The van der Waals surface area contributed by atoms with Crippen LogP contribution in [0.5, 0.6) is 0 Å². The number of piperidine rings is 1. The van der Waals surface area contributed by atoms with E-state index in [1.165, 1.54) is 6.07 Å². The Morgan fingerprint density at radius 3 is 2.84 bits per heavy atom. The third kappa shape index (κ3) is 5.86. The second-order valence-electron chi connectivity index (χ2n) is 6.20. The Hall–Kier alpha value is -2.42. The SMILES string of the molecule is CC#CC(=O)N1CCC[C@@H](CCC(=O)NCc2ccc(F)c(F)c2)C1. The van der Waals surface area contributed by atoms with Crippen molar-refractivity contribution in [2.45, 2.75) is 39.2 Å². The monoisotopic (exact) mass is 348 g/mol. The lowest BCUT2D eigenvalue weighted by Crippen LogP contribution is -2.39. The fraction of sp³-hybridized carbons (Fsp3) is 0.474. The van der Waals surface area contributed by atoms with Gasteiger partial charge in [0.1, 0.15) is 0 Å². The van der Waals surface area contributed by atoms with Gasteiger partial charge in [0.2, 0.25) is 5.91 Å². The molecule has 0 aromatic heterocycles. The minimum atomic E-state index is -0.922. The van der Waals surface area contributed by atoms with Gasteiger partial charge in [-0.15, -0.1) is 0 Å². The van der Waals surface area contributed by atoms with E-state index in [-0.39, 0.29) is 24.3 Å². The molecule has 1 aliphatic heterocycles. The van der Waals surface area contributed by atoms with E-state index >= 15 is 0 Å². The summed E-state index contributed by atoms with van der Waals surface area (Å²) in [6, 6.07) is 3.57. The molecule has 6 heteroatoms. The molecule has 1 saturated heterocycles. The average Bonchev–Trinajstić information content (AvgIpc) is 2.61.